The maximum Gasteiger partial charge on any atom is 0.289 e. The third-order valence-electron chi connectivity index (χ3n) is 9.15. The Hall–Kier alpha value is -3.29. The molecule has 1 aromatic heterocycles. The van der Waals surface area contributed by atoms with E-state index >= 15 is 0 Å². The number of piperidine rings is 1. The first kappa shape index (κ1) is 26.9. The van der Waals surface area contributed by atoms with Crippen molar-refractivity contribution in [3.8, 4) is 0 Å². The van der Waals surface area contributed by atoms with Crippen LogP contribution in [0, 0.1) is 18.8 Å². The predicted molar refractivity (Wildman–Crippen MR) is 157 cm³/mol. The molecule has 1 unspecified atom stereocenters. The molecule has 3 fully saturated rings. The molecule has 2 amide bonds. The Morgan fingerprint density at radius 1 is 1.12 bits per heavy atom. The van der Waals surface area contributed by atoms with E-state index in [-0.39, 0.29) is 23.3 Å². The molecule has 3 aliphatic rings. The number of rotatable bonds is 8. The average Bonchev–Trinajstić information content (AvgIpc) is 3.27. The molecule has 1 aliphatic carbocycles. The van der Waals surface area contributed by atoms with Gasteiger partial charge < -0.3 is 24.4 Å². The lowest BCUT2D eigenvalue weighted by molar-refractivity contribution is -0.121. The molecule has 1 N–H and O–H groups in total. The number of benzene rings is 2. The Kier molecular flexibility index (Phi) is 7.36. The minimum Gasteiger partial charge on any atom is -0.459 e. The van der Waals surface area contributed by atoms with E-state index in [1.54, 1.807) is 17.0 Å². The molecule has 2 aliphatic heterocycles. The van der Waals surface area contributed by atoms with Crippen LogP contribution in [0.5, 0.6) is 0 Å². The lowest BCUT2D eigenvalue weighted by Crippen LogP contribution is -2.46. The highest BCUT2D eigenvalue weighted by atomic mass is 35.5. The summed E-state index contributed by atoms with van der Waals surface area (Å²) in [5.41, 5.74) is 3.37. The smallest absolute Gasteiger partial charge is 0.289 e. The number of hydrogen-bond acceptors (Lipinski definition) is 5. The molecule has 1 saturated carbocycles. The molecule has 8 heteroatoms. The highest BCUT2D eigenvalue weighted by Crippen LogP contribution is 2.55. The number of aryl methyl sites for hydroxylation is 1. The lowest BCUT2D eigenvalue weighted by atomic mass is 9.87. The van der Waals surface area contributed by atoms with Crippen LogP contribution < -0.4 is 10.2 Å². The number of furan rings is 1. The van der Waals surface area contributed by atoms with Crippen molar-refractivity contribution < 1.29 is 14.0 Å². The molecule has 0 radical (unpaired) electrons. The molecule has 3 atom stereocenters. The number of nitrogens with zero attached hydrogens (tertiary/aromatic N) is 3. The van der Waals surface area contributed by atoms with E-state index in [4.69, 9.17) is 16.0 Å². The summed E-state index contributed by atoms with van der Waals surface area (Å²) in [5, 5.41) is 3.80. The second-order valence-electron chi connectivity index (χ2n) is 11.8. The van der Waals surface area contributed by atoms with Gasteiger partial charge in [0.25, 0.3) is 5.91 Å². The number of hydrogen-bond donors (Lipinski definition) is 1. The summed E-state index contributed by atoms with van der Waals surface area (Å²) in [6.07, 6.45) is 4.53. The highest BCUT2D eigenvalue weighted by molar-refractivity contribution is 6.30. The summed E-state index contributed by atoms with van der Waals surface area (Å²) in [5.74, 6) is 1.15. The molecule has 2 saturated heterocycles. The number of halogens is 1. The van der Waals surface area contributed by atoms with Crippen LogP contribution in [-0.4, -0.2) is 67.6 Å². The topological polar surface area (TPSA) is 69.0 Å². The molecule has 210 valence electrons. The molecule has 0 bridgehead atoms. The van der Waals surface area contributed by atoms with Crippen molar-refractivity contribution in [3.05, 3.63) is 88.8 Å². The van der Waals surface area contributed by atoms with Crippen LogP contribution in [0.3, 0.4) is 0 Å². The molecule has 3 heterocycles. The molecular formula is C32H37ClN4O3. The summed E-state index contributed by atoms with van der Waals surface area (Å²) < 4.78 is 5.37. The minimum atomic E-state index is -0.133. The van der Waals surface area contributed by atoms with Gasteiger partial charge in [0.1, 0.15) is 6.04 Å². The van der Waals surface area contributed by atoms with Crippen LogP contribution in [0.1, 0.15) is 40.9 Å². The van der Waals surface area contributed by atoms with Crippen molar-refractivity contribution in [3.63, 3.8) is 0 Å². The second-order valence-corrected chi connectivity index (χ2v) is 12.2. The molecular weight excluding hydrogens is 524 g/mol. The van der Waals surface area contributed by atoms with Crippen molar-refractivity contribution in [1.29, 1.82) is 0 Å². The first-order chi connectivity index (χ1) is 19.3. The van der Waals surface area contributed by atoms with E-state index in [0.717, 1.165) is 49.6 Å². The maximum absolute atomic E-state index is 13.0. The summed E-state index contributed by atoms with van der Waals surface area (Å²) in [6.45, 7) is 6.19. The average molecular weight is 561 g/mol. The zero-order chi connectivity index (χ0) is 27.9. The van der Waals surface area contributed by atoms with Gasteiger partial charge >= 0.3 is 0 Å². The maximum atomic E-state index is 13.0. The molecule has 3 aromatic rings. The van der Waals surface area contributed by atoms with Crippen molar-refractivity contribution >= 4 is 29.1 Å². The first-order valence-corrected chi connectivity index (χ1v) is 14.6. The third-order valence-corrected chi connectivity index (χ3v) is 9.38. The summed E-state index contributed by atoms with van der Waals surface area (Å²) in [6, 6.07) is 19.9. The second kappa shape index (κ2) is 10.9. The van der Waals surface area contributed by atoms with Crippen LogP contribution in [0.15, 0.2) is 71.3 Å². The Morgan fingerprint density at radius 3 is 2.65 bits per heavy atom. The lowest BCUT2D eigenvalue weighted by Gasteiger charge is -2.37. The van der Waals surface area contributed by atoms with Crippen molar-refractivity contribution in [2.45, 2.75) is 37.6 Å². The van der Waals surface area contributed by atoms with Crippen molar-refractivity contribution in [1.82, 2.24) is 15.1 Å². The number of anilines is 1. The van der Waals surface area contributed by atoms with E-state index in [2.05, 4.69) is 58.4 Å². The SMILES string of the molecule is Cc1cccc(N2CNC(=O)C2C2CCN(C[C@@H]3C[C@@]3(CN(C)C(=O)c3ccco3)c3cccc(Cl)c3)CC2)c1. The van der Waals surface area contributed by atoms with Gasteiger partial charge in [-0.2, -0.15) is 0 Å². The van der Waals surface area contributed by atoms with E-state index < -0.39 is 0 Å². The Bertz CT molecular complexity index is 1370. The normalized spacial score (nSPS) is 25.2. The van der Waals surface area contributed by atoms with Gasteiger partial charge in [-0.1, -0.05) is 35.9 Å². The Morgan fingerprint density at radius 2 is 1.93 bits per heavy atom. The zero-order valence-corrected chi connectivity index (χ0v) is 23.9. The zero-order valence-electron chi connectivity index (χ0n) is 23.2. The van der Waals surface area contributed by atoms with Gasteiger partial charge in [0.05, 0.1) is 12.9 Å². The highest BCUT2D eigenvalue weighted by Gasteiger charge is 2.56. The fraction of sp³-hybridized carbons (Fsp3) is 0.438. The standard InChI is InChI=1S/C32H37ClN4O3/c1-22-6-3-9-27(16-22)37-21-34-30(38)29(37)23-11-13-36(14-12-23)19-25-18-32(25,24-7-4-8-26(33)17-24)20-35(2)31(39)28-10-5-15-40-28/h3-10,15-17,23,25,29H,11-14,18-21H2,1-2H3,(H,34,38)/t25-,29?,32+/m0/s1. The summed E-state index contributed by atoms with van der Waals surface area (Å²) in [4.78, 5) is 32.5. The number of likely N-dealkylation sites (N-methyl/N-ethyl adjacent to an activating group) is 1. The van der Waals surface area contributed by atoms with Crippen molar-refractivity contribution in [2.24, 2.45) is 11.8 Å². The number of carbonyl (C=O) groups excluding carboxylic acids is 2. The Balaban J connectivity index is 1.12. The van der Waals surface area contributed by atoms with E-state index in [1.807, 2.05) is 19.2 Å². The monoisotopic (exact) mass is 560 g/mol. The summed E-state index contributed by atoms with van der Waals surface area (Å²) >= 11 is 6.41. The van der Waals surface area contributed by atoms with Gasteiger partial charge in [-0.25, -0.2) is 0 Å². The third kappa shape index (κ3) is 5.25. The van der Waals surface area contributed by atoms with Crippen LogP contribution in [0.25, 0.3) is 0 Å². The van der Waals surface area contributed by atoms with Crippen LogP contribution in [0.2, 0.25) is 5.02 Å². The fourth-order valence-electron chi connectivity index (χ4n) is 6.94. The van der Waals surface area contributed by atoms with E-state index in [9.17, 15) is 9.59 Å². The van der Waals surface area contributed by atoms with Crippen molar-refractivity contribution in [2.75, 3.05) is 44.8 Å². The van der Waals surface area contributed by atoms with Gasteiger partial charge in [0.2, 0.25) is 5.91 Å². The molecule has 0 spiro atoms. The number of carbonyl (C=O) groups is 2. The van der Waals surface area contributed by atoms with Gasteiger partial charge in [0.15, 0.2) is 5.76 Å². The number of nitrogens with one attached hydrogen (secondary N) is 1. The Labute approximate surface area is 241 Å². The molecule has 2 aromatic carbocycles. The van der Waals surface area contributed by atoms with Crippen LogP contribution >= 0.6 is 11.6 Å². The van der Waals surface area contributed by atoms with Gasteiger partial charge in [0, 0.05) is 36.3 Å². The number of amides is 2. The quantitative estimate of drug-likeness (QED) is 0.422. The first-order valence-electron chi connectivity index (χ1n) is 14.2. The van der Waals surface area contributed by atoms with E-state index in [1.165, 1.54) is 17.4 Å². The fourth-order valence-corrected chi connectivity index (χ4v) is 7.13. The minimum absolute atomic E-state index is 0.106. The van der Waals surface area contributed by atoms with Gasteiger partial charge in [-0.05, 0) is 98.6 Å². The van der Waals surface area contributed by atoms with Crippen LogP contribution in [-0.2, 0) is 10.2 Å². The van der Waals surface area contributed by atoms with Gasteiger partial charge in [-0.3, -0.25) is 9.59 Å². The molecule has 7 nitrogen and oxygen atoms in total. The predicted octanol–water partition coefficient (Wildman–Crippen LogP) is 4.95. The largest absolute Gasteiger partial charge is 0.459 e. The van der Waals surface area contributed by atoms with Crippen LogP contribution in [0.4, 0.5) is 5.69 Å². The van der Waals surface area contributed by atoms with E-state index in [0.29, 0.717) is 30.8 Å². The molecule has 40 heavy (non-hydrogen) atoms. The number of likely N-dealkylation sites (tertiary alicyclic amines) is 1. The van der Waals surface area contributed by atoms with Gasteiger partial charge in [-0.15, -0.1) is 0 Å². The molecule has 6 rings (SSSR count). The summed E-state index contributed by atoms with van der Waals surface area (Å²) in [7, 11) is 1.85.